The largest absolute Gasteiger partial charge is 0.308 e. The maximum atomic E-state index is 13.5. The lowest BCUT2D eigenvalue weighted by Gasteiger charge is -2.58. The number of nitro benzene ring substituents is 1. The second kappa shape index (κ2) is 9.75. The summed E-state index contributed by atoms with van der Waals surface area (Å²) in [6.07, 6.45) is 3.56. The monoisotopic (exact) mass is 537 g/mol. The molecule has 0 saturated carbocycles. The number of hydrogen-bond acceptors (Lipinski definition) is 7. The molecule has 1 aromatic carbocycles. The second-order valence-electron chi connectivity index (χ2n) is 8.90. The molecule has 2 fully saturated rings. The summed E-state index contributed by atoms with van der Waals surface area (Å²) in [5.74, 6) is 0.167. The van der Waals surface area contributed by atoms with Gasteiger partial charge >= 0.3 is 0 Å². The minimum atomic E-state index is -3.77. The molecule has 2 aliphatic heterocycles. The molecule has 0 aliphatic carbocycles. The number of nitrogens with zero attached hydrogens (tertiary/aromatic N) is 5. The van der Waals surface area contributed by atoms with Gasteiger partial charge in [-0.2, -0.15) is 4.31 Å². The fourth-order valence-electron chi connectivity index (χ4n) is 4.97. The van der Waals surface area contributed by atoms with Crippen LogP contribution in [-0.2, 0) is 10.0 Å². The van der Waals surface area contributed by atoms with Crippen molar-refractivity contribution in [3.05, 3.63) is 62.9 Å². The van der Waals surface area contributed by atoms with Crippen LogP contribution in [-0.4, -0.2) is 84.8 Å². The molecule has 2 aromatic rings. The molecule has 4 rings (SSSR count). The Kier molecular flexibility index (Phi) is 7.15. The van der Waals surface area contributed by atoms with E-state index in [1.165, 1.54) is 24.3 Å². The number of sulfonamides is 1. The molecule has 0 amide bonds. The van der Waals surface area contributed by atoms with Crippen molar-refractivity contribution >= 4 is 31.6 Å². The Morgan fingerprint density at radius 2 is 1.85 bits per heavy atom. The number of aromatic nitrogens is 1. The van der Waals surface area contributed by atoms with Crippen LogP contribution in [0.4, 0.5) is 5.69 Å². The zero-order valence-electron chi connectivity index (χ0n) is 18.7. The van der Waals surface area contributed by atoms with Crippen LogP contribution in [0.3, 0.4) is 0 Å². The van der Waals surface area contributed by atoms with Gasteiger partial charge in [0.25, 0.3) is 5.69 Å². The molecule has 178 valence electrons. The molecule has 2 aliphatic rings. The van der Waals surface area contributed by atoms with Crippen LogP contribution in [0, 0.1) is 10.1 Å². The zero-order chi connectivity index (χ0) is 23.8. The van der Waals surface area contributed by atoms with Gasteiger partial charge in [0.05, 0.1) is 9.82 Å². The molecule has 9 nitrogen and oxygen atoms in total. The van der Waals surface area contributed by atoms with E-state index in [1.54, 1.807) is 4.31 Å². The molecule has 11 heteroatoms. The number of likely N-dealkylation sites (N-methyl/N-ethyl adjacent to an activating group) is 1. The van der Waals surface area contributed by atoms with Gasteiger partial charge in [-0.15, -0.1) is 0 Å². The topological polar surface area (TPSA) is 99.9 Å². The first-order chi connectivity index (χ1) is 15.7. The zero-order valence-corrected chi connectivity index (χ0v) is 21.1. The van der Waals surface area contributed by atoms with Crippen LogP contribution in [0.15, 0.2) is 52.1 Å². The van der Waals surface area contributed by atoms with Gasteiger partial charge in [0, 0.05) is 56.0 Å². The van der Waals surface area contributed by atoms with E-state index >= 15 is 0 Å². The van der Waals surface area contributed by atoms with E-state index in [2.05, 4.69) is 50.9 Å². The van der Waals surface area contributed by atoms with E-state index in [1.807, 2.05) is 12.3 Å². The summed E-state index contributed by atoms with van der Waals surface area (Å²) >= 11 is 3.40. The minimum Gasteiger partial charge on any atom is -0.308 e. The lowest BCUT2D eigenvalue weighted by molar-refractivity contribution is -0.384. The second-order valence-corrected chi connectivity index (χ2v) is 11.6. The normalized spacial score (nSPS) is 24.5. The number of benzene rings is 1. The highest BCUT2D eigenvalue weighted by molar-refractivity contribution is 9.10. The smallest absolute Gasteiger partial charge is 0.269 e. The van der Waals surface area contributed by atoms with E-state index in [0.29, 0.717) is 13.1 Å². The summed E-state index contributed by atoms with van der Waals surface area (Å²) in [5.41, 5.74) is 0.987. The van der Waals surface area contributed by atoms with Gasteiger partial charge in [0.2, 0.25) is 10.0 Å². The Hall–Kier alpha value is -1.92. The molecule has 0 N–H and O–H groups in total. The minimum absolute atomic E-state index is 0.0473. The number of fused-ring (bicyclic) bond motifs is 1. The molecule has 0 bridgehead atoms. The fraction of sp³-hybridized carbons (Fsp3) is 0.500. The maximum absolute atomic E-state index is 13.5. The number of nitro groups is 1. The summed E-state index contributed by atoms with van der Waals surface area (Å²) in [6, 6.07) is 9.48. The van der Waals surface area contributed by atoms with Gasteiger partial charge in [-0.25, -0.2) is 13.4 Å². The molecule has 0 spiro atoms. The van der Waals surface area contributed by atoms with E-state index in [0.717, 1.165) is 36.1 Å². The van der Waals surface area contributed by atoms with Gasteiger partial charge < -0.3 is 4.90 Å². The van der Waals surface area contributed by atoms with E-state index in [9.17, 15) is 18.5 Å². The highest BCUT2D eigenvalue weighted by Crippen LogP contribution is 2.43. The predicted molar refractivity (Wildman–Crippen MR) is 129 cm³/mol. The van der Waals surface area contributed by atoms with Crippen molar-refractivity contribution in [1.82, 2.24) is 19.1 Å². The fourth-order valence-corrected chi connectivity index (χ4v) is 6.71. The first kappa shape index (κ1) is 24.2. The Bertz CT molecular complexity index is 1090. The van der Waals surface area contributed by atoms with Gasteiger partial charge in [-0.1, -0.05) is 6.07 Å². The molecule has 0 radical (unpaired) electrons. The van der Waals surface area contributed by atoms with Crippen molar-refractivity contribution in [2.45, 2.75) is 35.7 Å². The van der Waals surface area contributed by atoms with Crippen LogP contribution in [0.1, 0.15) is 24.3 Å². The van der Waals surface area contributed by atoms with Gasteiger partial charge in [0.1, 0.15) is 4.60 Å². The van der Waals surface area contributed by atoms with E-state index < -0.39 is 14.9 Å². The summed E-state index contributed by atoms with van der Waals surface area (Å²) in [6.45, 7) is 2.64. The Labute approximate surface area is 202 Å². The van der Waals surface area contributed by atoms with Crippen LogP contribution < -0.4 is 0 Å². The molecule has 3 atom stereocenters. The Balaban J connectivity index is 1.63. The van der Waals surface area contributed by atoms with Crippen LogP contribution in [0.25, 0.3) is 0 Å². The molecular formula is C22H28BrN5O4S. The summed E-state index contributed by atoms with van der Waals surface area (Å²) in [4.78, 5) is 19.5. The van der Waals surface area contributed by atoms with Crippen LogP contribution in [0.2, 0.25) is 0 Å². The van der Waals surface area contributed by atoms with Crippen molar-refractivity contribution in [2.24, 2.45) is 0 Å². The summed E-state index contributed by atoms with van der Waals surface area (Å²) in [5, 5.41) is 11.0. The predicted octanol–water partition coefficient (Wildman–Crippen LogP) is 2.94. The molecular weight excluding hydrogens is 510 g/mol. The van der Waals surface area contributed by atoms with Crippen molar-refractivity contribution in [3.63, 3.8) is 0 Å². The number of non-ortho nitro benzene ring substituents is 1. The first-order valence-corrected chi connectivity index (χ1v) is 13.2. The lowest BCUT2D eigenvalue weighted by Crippen LogP contribution is -2.68. The first-order valence-electron chi connectivity index (χ1n) is 10.9. The summed E-state index contributed by atoms with van der Waals surface area (Å²) in [7, 11) is 0.342. The third-order valence-electron chi connectivity index (χ3n) is 6.52. The molecule has 3 heterocycles. The van der Waals surface area contributed by atoms with Gasteiger partial charge in [-0.3, -0.25) is 15.0 Å². The number of hydrogen-bond donors (Lipinski definition) is 0. The standard InChI is InChI=1S/C22H28BrN5O4S/c1-25(2)14-19-22(16-5-10-21(23)24-13-16)20-15-26(11-3-4-12-27(19)20)33(31,32)18-8-6-17(7-9-18)28(29)30/h5-10,13,19-20,22H,3-4,11-12,14-15H2,1-2H3/t19-,20+,22+/m1/s1. The van der Waals surface area contributed by atoms with Gasteiger partial charge in [-0.05, 0) is 73.2 Å². The van der Waals surface area contributed by atoms with Crippen LogP contribution in [0.5, 0.6) is 0 Å². The average molecular weight is 538 g/mol. The van der Waals surface area contributed by atoms with Crippen molar-refractivity contribution < 1.29 is 13.3 Å². The van der Waals surface area contributed by atoms with E-state index in [4.69, 9.17) is 0 Å². The third kappa shape index (κ3) is 4.97. The Morgan fingerprint density at radius 1 is 1.15 bits per heavy atom. The van der Waals surface area contributed by atoms with Gasteiger partial charge in [0.15, 0.2) is 0 Å². The Morgan fingerprint density at radius 3 is 2.45 bits per heavy atom. The number of pyridine rings is 1. The van der Waals surface area contributed by atoms with Crippen molar-refractivity contribution in [1.29, 1.82) is 0 Å². The SMILES string of the molecule is CN(C)C[C@@H]1[C@H](c2ccc(Br)nc2)[C@@H]2CN(S(=O)(=O)c3ccc([N+](=O)[O-])cc3)CCCCN12. The van der Waals surface area contributed by atoms with Crippen molar-refractivity contribution in [2.75, 3.05) is 40.3 Å². The van der Waals surface area contributed by atoms with Crippen molar-refractivity contribution in [3.8, 4) is 0 Å². The number of halogens is 1. The quantitative estimate of drug-likeness (QED) is 0.317. The third-order valence-corrected chi connectivity index (χ3v) is 8.87. The molecule has 33 heavy (non-hydrogen) atoms. The van der Waals surface area contributed by atoms with E-state index in [-0.39, 0.29) is 28.6 Å². The lowest BCUT2D eigenvalue weighted by atomic mass is 9.74. The highest BCUT2D eigenvalue weighted by atomic mass is 79.9. The highest BCUT2D eigenvalue weighted by Gasteiger charge is 2.50. The summed E-state index contributed by atoms with van der Waals surface area (Å²) < 4.78 is 29.3. The molecule has 1 aromatic heterocycles. The average Bonchev–Trinajstić information content (AvgIpc) is 2.75. The number of rotatable bonds is 6. The van der Waals surface area contributed by atoms with Crippen LogP contribution >= 0.6 is 15.9 Å². The molecule has 0 unspecified atom stereocenters. The maximum Gasteiger partial charge on any atom is 0.269 e. The molecule has 2 saturated heterocycles.